The number of hydrogen-bond acceptors (Lipinski definition) is 6. The molecule has 1 aliphatic carbocycles. The van der Waals surface area contributed by atoms with Crippen LogP contribution in [0.4, 0.5) is 17.5 Å². The summed E-state index contributed by atoms with van der Waals surface area (Å²) in [6.07, 6.45) is 14.5. The second-order valence-electron chi connectivity index (χ2n) is 8.27. The van der Waals surface area contributed by atoms with Gasteiger partial charge in [-0.3, -0.25) is 4.79 Å². The Morgan fingerprint density at radius 2 is 2.13 bits per heavy atom. The zero-order valence-electron chi connectivity index (χ0n) is 17.7. The summed E-state index contributed by atoms with van der Waals surface area (Å²) < 4.78 is 0. The average Bonchev–Trinajstić information content (AvgIpc) is 2.98. The molecule has 1 aromatic carbocycles. The van der Waals surface area contributed by atoms with Gasteiger partial charge in [-0.25, -0.2) is 4.98 Å². The molecule has 0 saturated carbocycles. The lowest BCUT2D eigenvalue weighted by Gasteiger charge is -2.36. The van der Waals surface area contributed by atoms with Gasteiger partial charge >= 0.3 is 0 Å². The number of amides is 1. The number of carbonyl (C=O) groups excluding carboxylic acids is 1. The van der Waals surface area contributed by atoms with E-state index >= 15 is 0 Å². The van der Waals surface area contributed by atoms with Crippen molar-refractivity contribution in [2.75, 3.05) is 10.6 Å². The highest BCUT2D eigenvalue weighted by atomic mass is 16.3. The monoisotopic (exact) mass is 415 g/mol. The maximum absolute atomic E-state index is 12.1. The number of allylic oxidation sites excluding steroid dienone is 2. The van der Waals surface area contributed by atoms with Gasteiger partial charge in [0.2, 0.25) is 5.95 Å². The Morgan fingerprint density at radius 3 is 2.84 bits per heavy atom. The third-order valence-electron chi connectivity index (χ3n) is 5.83. The van der Waals surface area contributed by atoms with E-state index in [9.17, 15) is 9.90 Å². The number of hydrogen-bond donors (Lipinski definition) is 4. The fraction of sp³-hybridized carbons (Fsp3) is 0.292. The Bertz CT molecular complexity index is 1150. The number of benzene rings is 1. The first-order valence-electron chi connectivity index (χ1n) is 10.2. The van der Waals surface area contributed by atoms with Gasteiger partial charge in [-0.1, -0.05) is 37.1 Å². The summed E-state index contributed by atoms with van der Waals surface area (Å²) in [5.74, 6) is 3.33. The minimum absolute atomic E-state index is 0.0781. The number of anilines is 3. The molecule has 4 rings (SSSR count). The predicted molar refractivity (Wildman–Crippen MR) is 121 cm³/mol. The Hall–Kier alpha value is -3.63. The van der Waals surface area contributed by atoms with Crippen LogP contribution in [0.3, 0.4) is 0 Å². The molecule has 4 N–H and O–H groups in total. The Balaban J connectivity index is 1.65. The topological polar surface area (TPSA) is 99.2 Å². The van der Waals surface area contributed by atoms with Crippen LogP contribution in [0.15, 0.2) is 48.7 Å². The fourth-order valence-electron chi connectivity index (χ4n) is 3.95. The number of aromatic nitrogens is 2. The normalized spacial score (nSPS) is 23.1. The van der Waals surface area contributed by atoms with Gasteiger partial charge in [0.15, 0.2) is 0 Å². The molecule has 7 nitrogen and oxygen atoms in total. The van der Waals surface area contributed by atoms with Crippen LogP contribution in [0.1, 0.15) is 48.7 Å². The van der Waals surface area contributed by atoms with Crippen molar-refractivity contribution < 1.29 is 9.90 Å². The molecule has 2 aromatic rings. The number of aliphatic hydroxyl groups is 1. The largest absolute Gasteiger partial charge is 0.386 e. The number of nitrogens with zero attached hydrogens (tertiary/aromatic N) is 2. The van der Waals surface area contributed by atoms with Crippen molar-refractivity contribution in [1.29, 1.82) is 0 Å². The minimum Gasteiger partial charge on any atom is -0.386 e. The summed E-state index contributed by atoms with van der Waals surface area (Å²) in [6.45, 7) is 5.90. The number of carbonyl (C=O) groups is 1. The van der Waals surface area contributed by atoms with E-state index in [2.05, 4.69) is 31.8 Å². The predicted octanol–water partition coefficient (Wildman–Crippen LogP) is 3.23. The van der Waals surface area contributed by atoms with Crippen molar-refractivity contribution in [3.8, 4) is 12.3 Å². The van der Waals surface area contributed by atoms with Gasteiger partial charge in [-0.05, 0) is 44.0 Å². The van der Waals surface area contributed by atoms with Crippen molar-refractivity contribution >= 4 is 23.4 Å². The zero-order chi connectivity index (χ0) is 22.2. The molecule has 1 amide bonds. The number of terminal acetylenes is 1. The molecule has 1 aromatic heterocycles. The minimum atomic E-state index is -0.719. The molecule has 0 radical (unpaired) electrons. The molecule has 0 saturated heterocycles. The van der Waals surface area contributed by atoms with Crippen LogP contribution in [-0.4, -0.2) is 32.6 Å². The van der Waals surface area contributed by atoms with E-state index in [0.717, 1.165) is 11.3 Å². The van der Waals surface area contributed by atoms with Crippen molar-refractivity contribution in [2.45, 2.75) is 44.4 Å². The first-order chi connectivity index (χ1) is 14.8. The molecular weight excluding hydrogens is 390 g/mol. The number of rotatable bonds is 5. The molecule has 2 aliphatic rings. The second-order valence-corrected chi connectivity index (χ2v) is 8.27. The SMILES string of the molecule is C#Cc1cnc(Nc2ccc3c(c2)C(C)(C)NC3=O)nc1N[C@@]1(CC)C=CC=CC1O. The lowest BCUT2D eigenvalue weighted by molar-refractivity contribution is 0.0940. The fourth-order valence-corrected chi connectivity index (χ4v) is 3.95. The quantitative estimate of drug-likeness (QED) is 0.560. The molecule has 2 atom stereocenters. The van der Waals surface area contributed by atoms with Crippen molar-refractivity contribution in [3.63, 3.8) is 0 Å². The summed E-state index contributed by atoms with van der Waals surface area (Å²) in [6, 6.07) is 5.53. The first kappa shape index (κ1) is 20.6. The van der Waals surface area contributed by atoms with Crippen LogP contribution in [0.2, 0.25) is 0 Å². The summed E-state index contributed by atoms with van der Waals surface area (Å²) in [7, 11) is 0. The highest BCUT2D eigenvalue weighted by Crippen LogP contribution is 2.33. The second kappa shape index (κ2) is 7.56. The van der Waals surface area contributed by atoms with Crippen LogP contribution in [0.5, 0.6) is 0 Å². The van der Waals surface area contributed by atoms with E-state index in [1.54, 1.807) is 18.3 Å². The highest BCUT2D eigenvalue weighted by molar-refractivity contribution is 6.00. The summed E-state index contributed by atoms with van der Waals surface area (Å²) in [5, 5.41) is 20.0. The molecule has 158 valence electrons. The third kappa shape index (κ3) is 3.66. The van der Waals surface area contributed by atoms with Crippen molar-refractivity contribution in [1.82, 2.24) is 15.3 Å². The van der Waals surface area contributed by atoms with Gasteiger partial charge in [-0.15, -0.1) is 6.42 Å². The molecule has 0 spiro atoms. The van der Waals surface area contributed by atoms with Gasteiger partial charge in [0.05, 0.1) is 28.9 Å². The van der Waals surface area contributed by atoms with Crippen molar-refractivity contribution in [2.24, 2.45) is 0 Å². The van der Waals surface area contributed by atoms with E-state index < -0.39 is 17.2 Å². The standard InChI is InChI=1S/C24H25N5O2/c1-5-15-14-25-22(27-20(15)28-24(6-2)12-8-7-9-19(24)30)26-16-10-11-17-18(13-16)23(3,4)29-21(17)31/h1,7-14,19,30H,6H2,2-4H3,(H,29,31)(H2,25,26,27,28)/t19?,24-/m0/s1. The Kier molecular flexibility index (Phi) is 5.03. The van der Waals surface area contributed by atoms with Crippen molar-refractivity contribution in [3.05, 3.63) is 65.4 Å². The van der Waals surface area contributed by atoms with Gasteiger partial charge < -0.3 is 21.1 Å². The molecule has 7 heteroatoms. The smallest absolute Gasteiger partial charge is 0.252 e. The van der Waals surface area contributed by atoms with E-state index in [4.69, 9.17) is 6.42 Å². The van der Waals surface area contributed by atoms with Crippen LogP contribution < -0.4 is 16.0 Å². The van der Waals surface area contributed by atoms with Crippen LogP contribution in [-0.2, 0) is 5.54 Å². The molecule has 2 heterocycles. The number of fused-ring (bicyclic) bond motifs is 1. The number of aliphatic hydroxyl groups excluding tert-OH is 1. The van der Waals surface area contributed by atoms with E-state index in [1.807, 2.05) is 51.1 Å². The summed E-state index contributed by atoms with van der Waals surface area (Å²) >= 11 is 0. The van der Waals surface area contributed by atoms with Crippen LogP contribution in [0, 0.1) is 12.3 Å². The molecule has 0 bridgehead atoms. The first-order valence-corrected chi connectivity index (χ1v) is 10.2. The van der Waals surface area contributed by atoms with Crippen LogP contribution >= 0.6 is 0 Å². The lowest BCUT2D eigenvalue weighted by Crippen LogP contribution is -2.47. The lowest BCUT2D eigenvalue weighted by atomic mass is 9.85. The average molecular weight is 415 g/mol. The Labute approximate surface area is 181 Å². The van der Waals surface area contributed by atoms with Crippen LogP contribution in [0.25, 0.3) is 0 Å². The summed E-state index contributed by atoms with van der Waals surface area (Å²) in [4.78, 5) is 21.0. The maximum atomic E-state index is 12.1. The molecule has 1 aliphatic heterocycles. The van der Waals surface area contributed by atoms with Gasteiger partial charge in [0.1, 0.15) is 5.82 Å². The van der Waals surface area contributed by atoms with Gasteiger partial charge in [0.25, 0.3) is 5.91 Å². The zero-order valence-corrected chi connectivity index (χ0v) is 17.7. The Morgan fingerprint density at radius 1 is 1.32 bits per heavy atom. The maximum Gasteiger partial charge on any atom is 0.252 e. The van der Waals surface area contributed by atoms with E-state index in [0.29, 0.717) is 29.3 Å². The molecule has 1 unspecified atom stereocenters. The van der Waals surface area contributed by atoms with Gasteiger partial charge in [-0.2, -0.15) is 4.98 Å². The number of nitrogens with one attached hydrogen (secondary N) is 3. The van der Waals surface area contributed by atoms with Gasteiger partial charge in [0, 0.05) is 11.3 Å². The molecule has 31 heavy (non-hydrogen) atoms. The molecule has 0 fully saturated rings. The van der Waals surface area contributed by atoms with E-state index in [-0.39, 0.29) is 5.91 Å². The third-order valence-corrected chi connectivity index (χ3v) is 5.83. The van der Waals surface area contributed by atoms with E-state index in [1.165, 1.54) is 0 Å². The molecular formula is C24H25N5O2. The highest BCUT2D eigenvalue weighted by Gasteiger charge is 2.36. The summed E-state index contributed by atoms with van der Waals surface area (Å²) in [5.41, 5.74) is 1.67.